The molecule has 0 radical (unpaired) electrons. The van der Waals surface area contributed by atoms with Crippen molar-refractivity contribution in [2.24, 2.45) is 4.99 Å². The van der Waals surface area contributed by atoms with Crippen LogP contribution in [0.1, 0.15) is 11.1 Å². The molecule has 0 saturated heterocycles. The van der Waals surface area contributed by atoms with E-state index in [4.69, 9.17) is 14.7 Å². The molecule has 0 fully saturated rings. The molecule has 0 spiro atoms. The first-order chi connectivity index (χ1) is 11.7. The van der Waals surface area contributed by atoms with Crippen molar-refractivity contribution in [1.29, 1.82) is 5.26 Å². The normalized spacial score (nSPS) is 10.2. The monoisotopic (exact) mass is 452 g/mol. The van der Waals surface area contributed by atoms with Crippen molar-refractivity contribution in [3.05, 3.63) is 53.6 Å². The van der Waals surface area contributed by atoms with Crippen LogP contribution < -0.4 is 20.1 Å². The lowest BCUT2D eigenvalue weighted by atomic mass is 10.1. The maximum atomic E-state index is 8.81. The first-order valence-electron chi connectivity index (χ1n) is 7.39. The third-order valence-electron chi connectivity index (χ3n) is 3.41. The Morgan fingerprint density at radius 3 is 2.32 bits per heavy atom. The first-order valence-corrected chi connectivity index (χ1v) is 7.39. The maximum Gasteiger partial charge on any atom is 0.195 e. The molecule has 0 amide bonds. The van der Waals surface area contributed by atoms with Crippen LogP contribution in [-0.4, -0.2) is 27.2 Å². The Bertz CT molecular complexity index is 755. The molecule has 0 aliphatic carbocycles. The van der Waals surface area contributed by atoms with Crippen molar-refractivity contribution >= 4 is 35.6 Å². The predicted octanol–water partition coefficient (Wildman–Crippen LogP) is 3.38. The summed E-state index contributed by atoms with van der Waals surface area (Å²) in [7, 11) is 4.90. The number of nitrogens with zero attached hydrogens (tertiary/aromatic N) is 2. The number of ether oxygens (including phenoxy) is 2. The maximum absolute atomic E-state index is 8.81. The van der Waals surface area contributed by atoms with Crippen molar-refractivity contribution in [2.45, 2.75) is 6.54 Å². The molecule has 0 aromatic heterocycles. The van der Waals surface area contributed by atoms with Gasteiger partial charge < -0.3 is 20.1 Å². The van der Waals surface area contributed by atoms with Crippen molar-refractivity contribution in [1.82, 2.24) is 5.32 Å². The molecule has 132 valence electrons. The summed E-state index contributed by atoms with van der Waals surface area (Å²) in [5.41, 5.74) is 2.54. The SMILES string of the molecule is CN=C(NCc1ccc(C#N)cc1)Nc1ccc(OC)c(OC)c1.I. The molecule has 25 heavy (non-hydrogen) atoms. The average molecular weight is 452 g/mol. The van der Waals surface area contributed by atoms with Gasteiger partial charge >= 0.3 is 0 Å². The molecule has 0 aliphatic rings. The van der Waals surface area contributed by atoms with Crippen LogP contribution in [0.4, 0.5) is 5.69 Å². The third kappa shape index (κ3) is 5.83. The van der Waals surface area contributed by atoms with E-state index in [1.807, 2.05) is 30.3 Å². The molecular formula is C18H21IN4O2. The molecule has 0 heterocycles. The summed E-state index contributed by atoms with van der Waals surface area (Å²) >= 11 is 0. The van der Waals surface area contributed by atoms with Crippen molar-refractivity contribution < 1.29 is 9.47 Å². The van der Waals surface area contributed by atoms with E-state index in [1.54, 1.807) is 33.4 Å². The number of guanidine groups is 1. The molecule has 7 heteroatoms. The molecule has 0 aliphatic heterocycles. The summed E-state index contributed by atoms with van der Waals surface area (Å²) in [6.07, 6.45) is 0. The van der Waals surface area contributed by atoms with E-state index in [9.17, 15) is 0 Å². The van der Waals surface area contributed by atoms with Gasteiger partial charge in [-0.2, -0.15) is 5.26 Å². The smallest absolute Gasteiger partial charge is 0.195 e. The molecule has 2 aromatic rings. The Morgan fingerprint density at radius 2 is 1.76 bits per heavy atom. The van der Waals surface area contributed by atoms with Gasteiger partial charge in [0.05, 0.1) is 25.9 Å². The van der Waals surface area contributed by atoms with Gasteiger partial charge in [-0.15, -0.1) is 24.0 Å². The average Bonchev–Trinajstić information content (AvgIpc) is 2.65. The van der Waals surface area contributed by atoms with Gasteiger partial charge in [0.1, 0.15) is 0 Å². The molecule has 0 atom stereocenters. The number of hydrogen-bond acceptors (Lipinski definition) is 4. The fourth-order valence-corrected chi connectivity index (χ4v) is 2.11. The molecule has 0 bridgehead atoms. The van der Waals surface area contributed by atoms with E-state index in [0.717, 1.165) is 11.3 Å². The highest BCUT2D eigenvalue weighted by atomic mass is 127. The summed E-state index contributed by atoms with van der Waals surface area (Å²) in [5.74, 6) is 1.94. The van der Waals surface area contributed by atoms with Gasteiger partial charge in [-0.05, 0) is 29.8 Å². The Morgan fingerprint density at radius 1 is 1.08 bits per heavy atom. The van der Waals surface area contributed by atoms with Crippen LogP contribution in [0.3, 0.4) is 0 Å². The lowest BCUT2D eigenvalue weighted by Crippen LogP contribution is -2.30. The lowest BCUT2D eigenvalue weighted by molar-refractivity contribution is 0.355. The van der Waals surface area contributed by atoms with Crippen molar-refractivity contribution in [3.8, 4) is 17.6 Å². The van der Waals surface area contributed by atoms with Crippen LogP contribution >= 0.6 is 24.0 Å². The minimum Gasteiger partial charge on any atom is -0.493 e. The highest BCUT2D eigenvalue weighted by molar-refractivity contribution is 14.0. The van der Waals surface area contributed by atoms with E-state index in [1.165, 1.54) is 0 Å². The van der Waals surface area contributed by atoms with Gasteiger partial charge in [0, 0.05) is 25.3 Å². The topological polar surface area (TPSA) is 78.7 Å². The summed E-state index contributed by atoms with van der Waals surface area (Å²) in [6.45, 7) is 0.596. The lowest BCUT2D eigenvalue weighted by Gasteiger charge is -2.14. The van der Waals surface area contributed by atoms with Crippen LogP contribution in [0.5, 0.6) is 11.5 Å². The zero-order valence-corrected chi connectivity index (χ0v) is 16.7. The molecule has 2 N–H and O–H groups in total. The fourth-order valence-electron chi connectivity index (χ4n) is 2.11. The predicted molar refractivity (Wildman–Crippen MR) is 110 cm³/mol. The number of anilines is 1. The number of rotatable bonds is 5. The van der Waals surface area contributed by atoms with Crippen LogP contribution in [0.25, 0.3) is 0 Å². The Balaban J connectivity index is 0.00000312. The van der Waals surface area contributed by atoms with Crippen LogP contribution in [0.15, 0.2) is 47.5 Å². The Kier molecular flexibility index (Phi) is 8.56. The van der Waals surface area contributed by atoms with E-state index in [2.05, 4.69) is 21.7 Å². The second-order valence-electron chi connectivity index (χ2n) is 4.93. The first kappa shape index (κ1) is 20.6. The number of benzene rings is 2. The number of nitrogens with one attached hydrogen (secondary N) is 2. The Labute approximate surface area is 164 Å². The van der Waals surface area contributed by atoms with Crippen molar-refractivity contribution in [3.63, 3.8) is 0 Å². The summed E-state index contributed by atoms with van der Waals surface area (Å²) < 4.78 is 10.5. The number of aliphatic imine (C=N–C) groups is 1. The molecular weight excluding hydrogens is 431 g/mol. The number of nitriles is 1. The molecule has 0 saturated carbocycles. The molecule has 6 nitrogen and oxygen atoms in total. The number of halogens is 1. The summed E-state index contributed by atoms with van der Waals surface area (Å²) in [6, 6.07) is 15.1. The van der Waals surface area contributed by atoms with E-state index in [-0.39, 0.29) is 24.0 Å². The summed E-state index contributed by atoms with van der Waals surface area (Å²) in [4.78, 5) is 4.20. The Hall–Kier alpha value is -2.47. The molecule has 2 rings (SSSR count). The summed E-state index contributed by atoms with van der Waals surface area (Å²) in [5, 5.41) is 15.2. The van der Waals surface area contributed by atoms with Gasteiger partial charge in [0.25, 0.3) is 0 Å². The zero-order chi connectivity index (χ0) is 17.4. The zero-order valence-electron chi connectivity index (χ0n) is 14.4. The standard InChI is InChI=1S/C18H20N4O2.HI/c1-20-18(21-12-14-6-4-13(11-19)5-7-14)22-15-8-9-16(23-2)17(10-15)24-3;/h4-10H,12H2,1-3H3,(H2,20,21,22);1H. The fraction of sp³-hybridized carbons (Fsp3) is 0.222. The largest absolute Gasteiger partial charge is 0.493 e. The highest BCUT2D eigenvalue weighted by Crippen LogP contribution is 2.29. The third-order valence-corrected chi connectivity index (χ3v) is 3.41. The van der Waals surface area contributed by atoms with Gasteiger partial charge in [-0.3, -0.25) is 4.99 Å². The minimum atomic E-state index is 0. The molecule has 2 aromatic carbocycles. The van der Waals surface area contributed by atoms with Crippen LogP contribution in [0.2, 0.25) is 0 Å². The van der Waals surface area contributed by atoms with E-state index < -0.39 is 0 Å². The van der Waals surface area contributed by atoms with Crippen molar-refractivity contribution in [2.75, 3.05) is 26.6 Å². The second kappa shape index (κ2) is 10.4. The number of methoxy groups -OCH3 is 2. The highest BCUT2D eigenvalue weighted by Gasteiger charge is 2.06. The van der Waals surface area contributed by atoms with Gasteiger partial charge in [0.2, 0.25) is 0 Å². The minimum absolute atomic E-state index is 0. The van der Waals surface area contributed by atoms with Gasteiger partial charge in [-0.25, -0.2) is 0 Å². The quantitative estimate of drug-likeness (QED) is 0.413. The second-order valence-corrected chi connectivity index (χ2v) is 4.93. The van der Waals surface area contributed by atoms with E-state index >= 15 is 0 Å². The molecule has 0 unspecified atom stereocenters. The van der Waals surface area contributed by atoms with Crippen LogP contribution in [0, 0.1) is 11.3 Å². The van der Waals surface area contributed by atoms with Gasteiger partial charge in [0.15, 0.2) is 17.5 Å². The van der Waals surface area contributed by atoms with Crippen LogP contribution in [-0.2, 0) is 6.54 Å². The van der Waals surface area contributed by atoms with E-state index in [0.29, 0.717) is 29.6 Å². The van der Waals surface area contributed by atoms with Gasteiger partial charge in [-0.1, -0.05) is 12.1 Å². The number of hydrogen-bond donors (Lipinski definition) is 2.